The Labute approximate surface area is 128 Å². The van der Waals surface area contributed by atoms with Gasteiger partial charge in [0.05, 0.1) is 0 Å². The predicted molar refractivity (Wildman–Crippen MR) is 92.3 cm³/mol. The van der Waals surface area contributed by atoms with Gasteiger partial charge in [0, 0.05) is 5.88 Å². The SMILES string of the molecule is C=C(/C=C(\C=C/C(C)CC)CCl)c1ccc(CC)cc1. The lowest BCUT2D eigenvalue weighted by atomic mass is 10.0. The molecule has 0 spiro atoms. The van der Waals surface area contributed by atoms with Gasteiger partial charge in [0.15, 0.2) is 0 Å². The Kier molecular flexibility index (Phi) is 7.40. The molecule has 0 aliphatic heterocycles. The van der Waals surface area contributed by atoms with Crippen LogP contribution in [0.5, 0.6) is 0 Å². The van der Waals surface area contributed by atoms with Crippen LogP contribution in [-0.4, -0.2) is 5.88 Å². The Hall–Kier alpha value is -1.27. The molecule has 108 valence electrons. The van der Waals surface area contributed by atoms with E-state index < -0.39 is 0 Å². The van der Waals surface area contributed by atoms with E-state index in [0.29, 0.717) is 11.8 Å². The van der Waals surface area contributed by atoms with Crippen LogP contribution in [0.25, 0.3) is 5.57 Å². The highest BCUT2D eigenvalue weighted by Crippen LogP contribution is 2.18. The standard InChI is InChI=1S/C19H25Cl/c1-5-15(3)7-8-18(14-20)13-16(4)19-11-9-17(6-2)10-12-19/h7-13,15H,4-6,14H2,1-3H3/b8-7-,18-13+. The van der Waals surface area contributed by atoms with Crippen LogP contribution in [-0.2, 0) is 6.42 Å². The lowest BCUT2D eigenvalue weighted by Crippen LogP contribution is -1.88. The van der Waals surface area contributed by atoms with Crippen molar-refractivity contribution < 1.29 is 0 Å². The first-order valence-electron chi connectivity index (χ1n) is 7.33. The fourth-order valence-electron chi connectivity index (χ4n) is 1.82. The number of hydrogen-bond donors (Lipinski definition) is 0. The number of allylic oxidation sites excluding steroid dienone is 5. The molecule has 0 nitrogen and oxygen atoms in total. The van der Waals surface area contributed by atoms with Crippen molar-refractivity contribution in [3.63, 3.8) is 0 Å². The molecule has 0 N–H and O–H groups in total. The molecule has 1 aromatic carbocycles. The van der Waals surface area contributed by atoms with Crippen molar-refractivity contribution in [1.29, 1.82) is 0 Å². The summed E-state index contributed by atoms with van der Waals surface area (Å²) < 4.78 is 0. The van der Waals surface area contributed by atoms with E-state index in [9.17, 15) is 0 Å². The highest BCUT2D eigenvalue weighted by Gasteiger charge is 1.99. The van der Waals surface area contributed by atoms with Crippen LogP contribution in [0.15, 0.2) is 54.6 Å². The zero-order chi connectivity index (χ0) is 15.0. The molecule has 0 aromatic heterocycles. The molecule has 1 atom stereocenters. The van der Waals surface area contributed by atoms with Gasteiger partial charge in [-0.3, -0.25) is 0 Å². The maximum Gasteiger partial charge on any atom is 0.0474 e. The molecular formula is C19H25Cl. The second kappa shape index (κ2) is 8.81. The summed E-state index contributed by atoms with van der Waals surface area (Å²) in [4.78, 5) is 0. The maximum atomic E-state index is 6.01. The molecule has 1 aromatic rings. The monoisotopic (exact) mass is 288 g/mol. The van der Waals surface area contributed by atoms with E-state index in [1.807, 2.05) is 0 Å². The molecule has 1 rings (SSSR count). The number of benzene rings is 1. The fourth-order valence-corrected chi connectivity index (χ4v) is 1.98. The zero-order valence-corrected chi connectivity index (χ0v) is 13.6. The Bertz CT molecular complexity index is 477. The van der Waals surface area contributed by atoms with Gasteiger partial charge < -0.3 is 0 Å². The first-order valence-corrected chi connectivity index (χ1v) is 7.87. The summed E-state index contributed by atoms with van der Waals surface area (Å²) in [5, 5.41) is 0. The van der Waals surface area contributed by atoms with Gasteiger partial charge in [-0.1, -0.05) is 76.3 Å². The first kappa shape index (κ1) is 16.8. The van der Waals surface area contributed by atoms with Crippen LogP contribution in [0.1, 0.15) is 38.3 Å². The van der Waals surface area contributed by atoms with Gasteiger partial charge in [-0.15, -0.1) is 11.6 Å². The molecule has 0 fully saturated rings. The second-order valence-corrected chi connectivity index (χ2v) is 5.44. The van der Waals surface area contributed by atoms with Crippen molar-refractivity contribution in [2.24, 2.45) is 5.92 Å². The van der Waals surface area contributed by atoms with E-state index in [0.717, 1.165) is 29.6 Å². The van der Waals surface area contributed by atoms with E-state index in [2.05, 4.69) is 69.8 Å². The van der Waals surface area contributed by atoms with E-state index >= 15 is 0 Å². The van der Waals surface area contributed by atoms with E-state index in [4.69, 9.17) is 11.6 Å². The molecule has 0 aliphatic carbocycles. The molecule has 0 saturated carbocycles. The van der Waals surface area contributed by atoms with E-state index in [1.54, 1.807) is 0 Å². The Morgan fingerprint density at radius 1 is 1.25 bits per heavy atom. The molecule has 20 heavy (non-hydrogen) atoms. The summed E-state index contributed by atoms with van der Waals surface area (Å²) in [5.41, 5.74) is 4.62. The lowest BCUT2D eigenvalue weighted by molar-refractivity contribution is 0.698. The van der Waals surface area contributed by atoms with Crippen LogP contribution in [0.3, 0.4) is 0 Å². The Morgan fingerprint density at radius 2 is 1.90 bits per heavy atom. The number of alkyl halides is 1. The van der Waals surface area contributed by atoms with Crippen LogP contribution in [0.2, 0.25) is 0 Å². The molecule has 0 heterocycles. The van der Waals surface area contributed by atoms with Gasteiger partial charge in [0.25, 0.3) is 0 Å². The summed E-state index contributed by atoms with van der Waals surface area (Å²) in [5.74, 6) is 1.10. The molecule has 0 aliphatic rings. The zero-order valence-electron chi connectivity index (χ0n) is 12.8. The average molecular weight is 289 g/mol. The van der Waals surface area contributed by atoms with Crippen molar-refractivity contribution in [2.45, 2.75) is 33.6 Å². The van der Waals surface area contributed by atoms with Gasteiger partial charge in [-0.2, -0.15) is 0 Å². The molecule has 1 heteroatoms. The van der Waals surface area contributed by atoms with E-state index in [1.165, 1.54) is 5.56 Å². The third kappa shape index (κ3) is 5.38. The smallest absolute Gasteiger partial charge is 0.0474 e. The van der Waals surface area contributed by atoms with Gasteiger partial charge in [0.2, 0.25) is 0 Å². The summed E-state index contributed by atoms with van der Waals surface area (Å²) in [6.45, 7) is 10.7. The van der Waals surface area contributed by atoms with Crippen LogP contribution >= 0.6 is 11.6 Å². The minimum atomic E-state index is 0.513. The Morgan fingerprint density at radius 3 is 2.40 bits per heavy atom. The first-order chi connectivity index (χ1) is 9.60. The number of halogens is 1. The third-order valence-corrected chi connectivity index (χ3v) is 3.84. The molecular weight excluding hydrogens is 264 g/mol. The Balaban J connectivity index is 2.83. The van der Waals surface area contributed by atoms with Gasteiger partial charge >= 0.3 is 0 Å². The largest absolute Gasteiger partial charge is 0.122 e. The molecule has 0 amide bonds. The minimum Gasteiger partial charge on any atom is -0.122 e. The molecule has 0 saturated heterocycles. The number of hydrogen-bond acceptors (Lipinski definition) is 0. The summed E-state index contributed by atoms with van der Waals surface area (Å²) >= 11 is 6.01. The summed E-state index contributed by atoms with van der Waals surface area (Å²) in [7, 11) is 0. The fraction of sp³-hybridized carbons (Fsp3) is 0.368. The topological polar surface area (TPSA) is 0 Å². The van der Waals surface area contributed by atoms with Gasteiger partial charge in [0.1, 0.15) is 0 Å². The van der Waals surface area contributed by atoms with Crippen molar-refractivity contribution >= 4 is 17.2 Å². The molecule has 0 bridgehead atoms. The van der Waals surface area contributed by atoms with Crippen molar-refractivity contribution in [3.05, 3.63) is 65.8 Å². The maximum absolute atomic E-state index is 6.01. The van der Waals surface area contributed by atoms with E-state index in [-0.39, 0.29) is 0 Å². The summed E-state index contributed by atoms with van der Waals surface area (Å²) in [6.07, 6.45) is 8.61. The van der Waals surface area contributed by atoms with Gasteiger partial charge in [-0.25, -0.2) is 0 Å². The third-order valence-electron chi connectivity index (χ3n) is 3.53. The lowest BCUT2D eigenvalue weighted by Gasteiger charge is -2.05. The second-order valence-electron chi connectivity index (χ2n) is 5.17. The molecule has 0 radical (unpaired) electrons. The quantitative estimate of drug-likeness (QED) is 0.424. The highest BCUT2D eigenvalue weighted by molar-refractivity contribution is 6.19. The van der Waals surface area contributed by atoms with Crippen LogP contribution in [0, 0.1) is 5.92 Å². The van der Waals surface area contributed by atoms with Crippen LogP contribution < -0.4 is 0 Å². The number of rotatable bonds is 7. The van der Waals surface area contributed by atoms with Crippen molar-refractivity contribution in [1.82, 2.24) is 0 Å². The van der Waals surface area contributed by atoms with Crippen molar-refractivity contribution in [3.8, 4) is 0 Å². The highest BCUT2D eigenvalue weighted by atomic mass is 35.5. The predicted octanol–water partition coefficient (Wildman–Crippen LogP) is 6.03. The average Bonchev–Trinajstić information content (AvgIpc) is 2.50. The van der Waals surface area contributed by atoms with Crippen LogP contribution in [0.4, 0.5) is 0 Å². The summed E-state index contributed by atoms with van der Waals surface area (Å²) in [6, 6.07) is 8.57. The normalized spacial score (nSPS) is 13.7. The van der Waals surface area contributed by atoms with Gasteiger partial charge in [-0.05, 0) is 34.6 Å². The minimum absolute atomic E-state index is 0.513. The molecule has 1 unspecified atom stereocenters. The number of aryl methyl sites for hydroxylation is 1. The van der Waals surface area contributed by atoms with Crippen molar-refractivity contribution in [2.75, 3.05) is 5.88 Å².